The highest BCUT2D eigenvalue weighted by molar-refractivity contribution is 6.30. The lowest BCUT2D eigenvalue weighted by Crippen LogP contribution is -2.15. The molecule has 8 heteroatoms. The van der Waals surface area contributed by atoms with Crippen molar-refractivity contribution in [2.45, 2.75) is 33.6 Å². The van der Waals surface area contributed by atoms with Crippen LogP contribution in [0.3, 0.4) is 0 Å². The van der Waals surface area contributed by atoms with Crippen molar-refractivity contribution in [2.75, 3.05) is 5.32 Å². The van der Waals surface area contributed by atoms with Crippen molar-refractivity contribution in [3.8, 4) is 17.1 Å². The van der Waals surface area contributed by atoms with Crippen LogP contribution in [0.5, 0.6) is 0 Å². The largest absolute Gasteiger partial charge is 0.334 e. The van der Waals surface area contributed by atoms with E-state index in [1.165, 1.54) is 0 Å². The van der Waals surface area contributed by atoms with E-state index in [2.05, 4.69) is 20.6 Å². The van der Waals surface area contributed by atoms with Crippen LogP contribution in [-0.4, -0.2) is 25.8 Å². The van der Waals surface area contributed by atoms with Crippen LogP contribution in [0.2, 0.25) is 5.02 Å². The van der Waals surface area contributed by atoms with E-state index >= 15 is 0 Å². The molecule has 2 heterocycles. The van der Waals surface area contributed by atoms with E-state index in [1.807, 2.05) is 58.0 Å². The van der Waals surface area contributed by atoms with Gasteiger partial charge < -0.3 is 9.84 Å². The SMILES string of the molecule is Cc1cccc(-c2nc(C(C)C)no2)c1NC(=O)c1cnn(-c2cccc(Cl)c2)c1C. The van der Waals surface area contributed by atoms with Crippen LogP contribution in [0.25, 0.3) is 17.1 Å². The third kappa shape index (κ3) is 4.09. The molecule has 2 aromatic carbocycles. The minimum Gasteiger partial charge on any atom is -0.334 e. The Morgan fingerprint density at radius 3 is 2.65 bits per heavy atom. The van der Waals surface area contributed by atoms with Crippen LogP contribution in [-0.2, 0) is 0 Å². The van der Waals surface area contributed by atoms with Crippen LogP contribution >= 0.6 is 11.6 Å². The number of carbonyl (C=O) groups excluding carboxylic acids is 1. The van der Waals surface area contributed by atoms with Crippen molar-refractivity contribution in [2.24, 2.45) is 0 Å². The van der Waals surface area contributed by atoms with Crippen LogP contribution in [0.4, 0.5) is 5.69 Å². The molecule has 0 atom stereocenters. The van der Waals surface area contributed by atoms with Crippen molar-refractivity contribution >= 4 is 23.2 Å². The zero-order valence-electron chi connectivity index (χ0n) is 17.7. The average molecular weight is 436 g/mol. The van der Waals surface area contributed by atoms with Gasteiger partial charge in [-0.05, 0) is 43.7 Å². The topological polar surface area (TPSA) is 85.8 Å². The smallest absolute Gasteiger partial charge is 0.260 e. The maximum Gasteiger partial charge on any atom is 0.260 e. The number of anilines is 1. The number of carbonyl (C=O) groups is 1. The van der Waals surface area contributed by atoms with E-state index in [4.69, 9.17) is 16.1 Å². The van der Waals surface area contributed by atoms with Gasteiger partial charge in [0.1, 0.15) is 0 Å². The summed E-state index contributed by atoms with van der Waals surface area (Å²) in [6.07, 6.45) is 1.55. The number of aryl methyl sites for hydroxylation is 1. The maximum atomic E-state index is 13.1. The molecule has 2 aromatic heterocycles. The second kappa shape index (κ2) is 8.35. The third-order valence-corrected chi connectivity index (χ3v) is 5.24. The fourth-order valence-corrected chi connectivity index (χ4v) is 3.46. The van der Waals surface area contributed by atoms with Crippen molar-refractivity contribution in [3.63, 3.8) is 0 Å². The van der Waals surface area contributed by atoms with Gasteiger partial charge in [-0.2, -0.15) is 10.1 Å². The molecule has 4 aromatic rings. The number of rotatable bonds is 5. The number of hydrogen-bond donors (Lipinski definition) is 1. The van der Waals surface area contributed by atoms with Crippen LogP contribution in [0.15, 0.2) is 53.2 Å². The van der Waals surface area contributed by atoms with E-state index < -0.39 is 0 Å². The standard InChI is InChI=1S/C23H22ClN5O2/c1-13(2)21-27-23(31-28-21)18-10-5-7-14(3)20(18)26-22(30)19-12-25-29(15(19)4)17-9-6-8-16(24)11-17/h5-13H,1-4H3,(H,26,30). The Hall–Kier alpha value is -3.45. The van der Waals surface area contributed by atoms with Gasteiger partial charge in [0.05, 0.1) is 34.4 Å². The summed E-state index contributed by atoms with van der Waals surface area (Å²) in [7, 11) is 0. The minimum absolute atomic E-state index is 0.139. The van der Waals surface area contributed by atoms with Crippen molar-refractivity contribution in [1.82, 2.24) is 19.9 Å². The van der Waals surface area contributed by atoms with E-state index in [9.17, 15) is 4.79 Å². The molecule has 0 radical (unpaired) electrons. The highest BCUT2D eigenvalue weighted by Gasteiger charge is 2.20. The lowest BCUT2D eigenvalue weighted by molar-refractivity contribution is 0.102. The van der Waals surface area contributed by atoms with Gasteiger partial charge in [0.2, 0.25) is 0 Å². The third-order valence-electron chi connectivity index (χ3n) is 5.01. The molecule has 31 heavy (non-hydrogen) atoms. The number of nitrogens with zero attached hydrogens (tertiary/aromatic N) is 4. The predicted molar refractivity (Wildman–Crippen MR) is 120 cm³/mol. The zero-order valence-corrected chi connectivity index (χ0v) is 18.4. The van der Waals surface area contributed by atoms with E-state index in [0.29, 0.717) is 39.2 Å². The number of hydrogen-bond acceptors (Lipinski definition) is 5. The van der Waals surface area contributed by atoms with Crippen LogP contribution < -0.4 is 5.32 Å². The number of halogens is 1. The predicted octanol–water partition coefficient (Wildman–Crippen LogP) is 5.57. The average Bonchev–Trinajstić information content (AvgIpc) is 3.37. The van der Waals surface area contributed by atoms with E-state index in [0.717, 1.165) is 11.3 Å². The fourth-order valence-electron chi connectivity index (χ4n) is 3.27. The summed E-state index contributed by atoms with van der Waals surface area (Å²) in [5, 5.41) is 12.0. The first-order chi connectivity index (χ1) is 14.8. The summed E-state index contributed by atoms with van der Waals surface area (Å²) in [5.41, 5.74) is 4.13. The molecule has 158 valence electrons. The molecule has 0 aliphatic rings. The first-order valence-corrected chi connectivity index (χ1v) is 10.3. The molecule has 0 aliphatic heterocycles. The summed E-state index contributed by atoms with van der Waals surface area (Å²) in [6, 6.07) is 13.0. The number of amides is 1. The van der Waals surface area contributed by atoms with Gasteiger partial charge in [-0.3, -0.25) is 4.79 Å². The molecule has 0 saturated carbocycles. The minimum atomic E-state index is -0.273. The molecular weight excluding hydrogens is 414 g/mol. The summed E-state index contributed by atoms with van der Waals surface area (Å²) in [5.74, 6) is 0.853. The van der Waals surface area contributed by atoms with Gasteiger partial charge in [0.15, 0.2) is 5.82 Å². The Morgan fingerprint density at radius 2 is 1.94 bits per heavy atom. The van der Waals surface area contributed by atoms with E-state index in [-0.39, 0.29) is 11.8 Å². The first-order valence-electron chi connectivity index (χ1n) is 9.90. The Labute approximate surface area is 185 Å². The highest BCUT2D eigenvalue weighted by Crippen LogP contribution is 2.31. The van der Waals surface area contributed by atoms with Crippen molar-refractivity contribution < 1.29 is 9.32 Å². The second-order valence-corrected chi connectivity index (χ2v) is 8.04. The molecule has 0 fully saturated rings. The quantitative estimate of drug-likeness (QED) is 0.443. The number of nitrogens with one attached hydrogen (secondary N) is 1. The second-order valence-electron chi connectivity index (χ2n) is 7.60. The van der Waals surface area contributed by atoms with Crippen molar-refractivity contribution in [1.29, 1.82) is 0 Å². The van der Waals surface area contributed by atoms with Gasteiger partial charge >= 0.3 is 0 Å². The molecule has 0 saturated heterocycles. The number of benzene rings is 2. The fraction of sp³-hybridized carbons (Fsp3) is 0.217. The van der Waals surface area contributed by atoms with Gasteiger partial charge in [0.25, 0.3) is 11.8 Å². The molecule has 0 unspecified atom stereocenters. The number of aromatic nitrogens is 4. The van der Waals surface area contributed by atoms with Crippen LogP contribution in [0.1, 0.15) is 47.2 Å². The Bertz CT molecular complexity index is 1260. The molecule has 0 aliphatic carbocycles. The maximum absolute atomic E-state index is 13.1. The summed E-state index contributed by atoms with van der Waals surface area (Å²) in [4.78, 5) is 17.6. The zero-order chi connectivity index (χ0) is 22.1. The molecule has 7 nitrogen and oxygen atoms in total. The normalized spacial score (nSPS) is 11.2. The monoisotopic (exact) mass is 435 g/mol. The molecule has 4 rings (SSSR count). The lowest BCUT2D eigenvalue weighted by Gasteiger charge is -2.12. The van der Waals surface area contributed by atoms with Gasteiger partial charge in [-0.25, -0.2) is 4.68 Å². The molecule has 1 N–H and O–H groups in total. The number of para-hydroxylation sites is 1. The van der Waals surface area contributed by atoms with Crippen LogP contribution in [0, 0.1) is 13.8 Å². The summed E-state index contributed by atoms with van der Waals surface area (Å²) in [6.45, 7) is 7.75. The molecular formula is C23H22ClN5O2. The Balaban J connectivity index is 1.67. The van der Waals surface area contributed by atoms with Gasteiger partial charge in [-0.15, -0.1) is 0 Å². The first kappa shape index (κ1) is 20.8. The summed E-state index contributed by atoms with van der Waals surface area (Å²) >= 11 is 6.10. The molecule has 0 bridgehead atoms. The Morgan fingerprint density at radius 1 is 1.16 bits per heavy atom. The van der Waals surface area contributed by atoms with Crippen molar-refractivity contribution in [3.05, 3.63) is 76.3 Å². The Kier molecular flexibility index (Phi) is 5.61. The lowest BCUT2D eigenvalue weighted by atomic mass is 10.1. The summed E-state index contributed by atoms with van der Waals surface area (Å²) < 4.78 is 7.14. The van der Waals surface area contributed by atoms with Gasteiger partial charge in [-0.1, -0.05) is 48.8 Å². The molecule has 0 spiro atoms. The molecule has 1 amide bonds. The van der Waals surface area contributed by atoms with E-state index in [1.54, 1.807) is 23.0 Å². The van der Waals surface area contributed by atoms with Gasteiger partial charge in [0, 0.05) is 10.9 Å². The highest BCUT2D eigenvalue weighted by atomic mass is 35.5.